The van der Waals surface area contributed by atoms with E-state index in [2.05, 4.69) is 6.92 Å². The van der Waals surface area contributed by atoms with Crippen LogP contribution in [0, 0.1) is 6.92 Å². The largest absolute Gasteiger partial charge is 0.488 e. The van der Waals surface area contributed by atoms with Gasteiger partial charge in [0.1, 0.15) is 12.4 Å². The summed E-state index contributed by atoms with van der Waals surface area (Å²) >= 11 is 1.66. The summed E-state index contributed by atoms with van der Waals surface area (Å²) in [6.45, 7) is 4.43. The van der Waals surface area contributed by atoms with Crippen molar-refractivity contribution in [2.24, 2.45) is 0 Å². The lowest BCUT2D eigenvalue weighted by Gasteiger charge is -2.08. The van der Waals surface area contributed by atoms with Crippen LogP contribution in [0.1, 0.15) is 22.9 Å². The first-order chi connectivity index (χ1) is 9.66. The number of ether oxygens (including phenoxy) is 2. The third-order valence-electron chi connectivity index (χ3n) is 2.96. The summed E-state index contributed by atoms with van der Waals surface area (Å²) in [6.07, 6.45) is 0.693. The van der Waals surface area contributed by atoms with Crippen molar-refractivity contribution in [3.05, 3.63) is 51.7 Å². The van der Waals surface area contributed by atoms with E-state index in [0.29, 0.717) is 19.6 Å². The molecule has 0 fully saturated rings. The molecule has 0 saturated heterocycles. The van der Waals surface area contributed by atoms with E-state index in [0.717, 1.165) is 16.9 Å². The molecule has 0 N–H and O–H groups in total. The molecule has 1 aromatic carbocycles. The Kier molecular flexibility index (Phi) is 5.18. The second-order valence-corrected chi connectivity index (χ2v) is 5.58. The lowest BCUT2D eigenvalue weighted by atomic mass is 10.2. The Hall–Kier alpha value is -1.81. The third-order valence-corrected chi connectivity index (χ3v) is 3.89. The van der Waals surface area contributed by atoms with E-state index >= 15 is 0 Å². The van der Waals surface area contributed by atoms with Gasteiger partial charge in [-0.3, -0.25) is 4.79 Å². The van der Waals surface area contributed by atoms with Crippen LogP contribution < -0.4 is 4.74 Å². The summed E-state index contributed by atoms with van der Waals surface area (Å²) in [7, 11) is 0. The number of aryl methyl sites for hydroxylation is 1. The first kappa shape index (κ1) is 14.6. The Morgan fingerprint density at radius 2 is 2.00 bits per heavy atom. The Labute approximate surface area is 123 Å². The van der Waals surface area contributed by atoms with Gasteiger partial charge in [0, 0.05) is 29.2 Å². The van der Waals surface area contributed by atoms with Crippen LogP contribution in [-0.4, -0.2) is 12.6 Å². The van der Waals surface area contributed by atoms with Crippen molar-refractivity contribution in [3.63, 3.8) is 0 Å². The number of rotatable bonds is 6. The molecule has 0 atom stereocenters. The minimum absolute atomic E-state index is 0.246. The predicted octanol–water partition coefficient (Wildman–Crippen LogP) is 3.74. The molecule has 2 rings (SSSR count). The van der Waals surface area contributed by atoms with Crippen molar-refractivity contribution in [2.75, 3.05) is 6.61 Å². The van der Waals surface area contributed by atoms with Crippen LogP contribution in [0.15, 0.2) is 35.7 Å². The van der Waals surface area contributed by atoms with Crippen molar-refractivity contribution < 1.29 is 14.3 Å². The fourth-order valence-electron chi connectivity index (χ4n) is 1.91. The van der Waals surface area contributed by atoms with Gasteiger partial charge in [0.05, 0.1) is 6.61 Å². The van der Waals surface area contributed by atoms with Crippen LogP contribution in [0.2, 0.25) is 0 Å². The first-order valence-electron chi connectivity index (χ1n) is 6.54. The van der Waals surface area contributed by atoms with Gasteiger partial charge >= 0.3 is 5.97 Å². The molecule has 0 aliphatic rings. The summed E-state index contributed by atoms with van der Waals surface area (Å²) in [5, 5.41) is 2.02. The standard InChI is InChI=1S/C16H18O3S/c1-12-15(8-9-18-13(2)17)16(11-20-12)19-10-14-6-4-3-5-7-14/h3-7,11H,8-10H2,1-2H3. The van der Waals surface area contributed by atoms with E-state index in [4.69, 9.17) is 9.47 Å². The number of hydrogen-bond donors (Lipinski definition) is 0. The van der Waals surface area contributed by atoms with Crippen LogP contribution in [0.3, 0.4) is 0 Å². The minimum atomic E-state index is -0.246. The Morgan fingerprint density at radius 3 is 2.70 bits per heavy atom. The lowest BCUT2D eigenvalue weighted by Crippen LogP contribution is -2.05. The zero-order valence-electron chi connectivity index (χ0n) is 11.7. The maximum Gasteiger partial charge on any atom is 0.302 e. The average molecular weight is 290 g/mol. The number of thiophene rings is 1. The molecule has 1 heterocycles. The SMILES string of the molecule is CC(=O)OCCc1c(OCc2ccccc2)csc1C. The number of esters is 1. The van der Waals surface area contributed by atoms with Crippen LogP contribution in [0.5, 0.6) is 5.75 Å². The molecule has 20 heavy (non-hydrogen) atoms. The van der Waals surface area contributed by atoms with Crippen LogP contribution >= 0.6 is 11.3 Å². The zero-order chi connectivity index (χ0) is 14.4. The first-order valence-corrected chi connectivity index (χ1v) is 7.42. The maximum absolute atomic E-state index is 10.8. The maximum atomic E-state index is 10.8. The van der Waals surface area contributed by atoms with Gasteiger partial charge in [-0.1, -0.05) is 30.3 Å². The number of carbonyl (C=O) groups excluding carboxylic acids is 1. The molecule has 0 radical (unpaired) electrons. The summed E-state index contributed by atoms with van der Waals surface area (Å²) in [4.78, 5) is 12.0. The van der Waals surface area contributed by atoms with E-state index in [1.807, 2.05) is 35.7 Å². The summed E-state index contributed by atoms with van der Waals surface area (Å²) in [6, 6.07) is 10.1. The Morgan fingerprint density at radius 1 is 1.25 bits per heavy atom. The molecule has 3 nitrogen and oxygen atoms in total. The quantitative estimate of drug-likeness (QED) is 0.760. The highest BCUT2D eigenvalue weighted by molar-refractivity contribution is 7.10. The van der Waals surface area contributed by atoms with Crippen molar-refractivity contribution in [2.45, 2.75) is 26.9 Å². The van der Waals surface area contributed by atoms with E-state index in [1.165, 1.54) is 11.8 Å². The number of benzene rings is 1. The van der Waals surface area contributed by atoms with Crippen LogP contribution in [-0.2, 0) is 22.6 Å². The highest BCUT2D eigenvalue weighted by atomic mass is 32.1. The van der Waals surface area contributed by atoms with E-state index in [1.54, 1.807) is 11.3 Å². The lowest BCUT2D eigenvalue weighted by molar-refractivity contribution is -0.140. The van der Waals surface area contributed by atoms with Gasteiger partial charge in [0.15, 0.2) is 0 Å². The van der Waals surface area contributed by atoms with Crippen LogP contribution in [0.25, 0.3) is 0 Å². The second-order valence-electron chi connectivity index (χ2n) is 4.50. The zero-order valence-corrected chi connectivity index (χ0v) is 12.5. The fourth-order valence-corrected chi connectivity index (χ4v) is 2.75. The summed E-state index contributed by atoms with van der Waals surface area (Å²) < 4.78 is 10.9. The highest BCUT2D eigenvalue weighted by Gasteiger charge is 2.10. The van der Waals surface area contributed by atoms with Crippen LogP contribution in [0.4, 0.5) is 0 Å². The minimum Gasteiger partial charge on any atom is -0.488 e. The van der Waals surface area contributed by atoms with Gasteiger partial charge in [-0.15, -0.1) is 11.3 Å². The third kappa shape index (κ3) is 4.10. The van der Waals surface area contributed by atoms with Crippen molar-refractivity contribution in [1.82, 2.24) is 0 Å². The molecule has 0 bridgehead atoms. The molecule has 0 aliphatic heterocycles. The van der Waals surface area contributed by atoms with Crippen molar-refractivity contribution >= 4 is 17.3 Å². The van der Waals surface area contributed by atoms with Gasteiger partial charge in [0.2, 0.25) is 0 Å². The van der Waals surface area contributed by atoms with Gasteiger partial charge in [0.25, 0.3) is 0 Å². The molecule has 0 saturated carbocycles. The molecule has 4 heteroatoms. The molecule has 0 unspecified atom stereocenters. The molecular weight excluding hydrogens is 272 g/mol. The second kappa shape index (κ2) is 7.10. The van der Waals surface area contributed by atoms with Gasteiger partial charge in [-0.25, -0.2) is 0 Å². The summed E-state index contributed by atoms with van der Waals surface area (Å²) in [5.74, 6) is 0.646. The predicted molar refractivity (Wildman–Crippen MR) is 80.2 cm³/mol. The average Bonchev–Trinajstić information content (AvgIpc) is 2.78. The normalized spacial score (nSPS) is 10.3. The van der Waals surface area contributed by atoms with Gasteiger partial charge in [-0.05, 0) is 12.5 Å². The van der Waals surface area contributed by atoms with Crippen molar-refractivity contribution in [1.29, 1.82) is 0 Å². The highest BCUT2D eigenvalue weighted by Crippen LogP contribution is 2.30. The molecule has 0 amide bonds. The van der Waals surface area contributed by atoms with E-state index in [-0.39, 0.29) is 5.97 Å². The molecule has 0 spiro atoms. The van der Waals surface area contributed by atoms with E-state index in [9.17, 15) is 4.79 Å². The number of carbonyl (C=O) groups is 1. The molecule has 106 valence electrons. The monoisotopic (exact) mass is 290 g/mol. The van der Waals surface area contributed by atoms with Gasteiger partial charge in [-0.2, -0.15) is 0 Å². The smallest absolute Gasteiger partial charge is 0.302 e. The molecular formula is C16H18O3S. The van der Waals surface area contributed by atoms with Gasteiger partial charge < -0.3 is 9.47 Å². The van der Waals surface area contributed by atoms with E-state index < -0.39 is 0 Å². The molecule has 0 aliphatic carbocycles. The van der Waals surface area contributed by atoms with Crippen molar-refractivity contribution in [3.8, 4) is 5.75 Å². The summed E-state index contributed by atoms with van der Waals surface area (Å²) in [5.41, 5.74) is 2.27. The number of hydrogen-bond acceptors (Lipinski definition) is 4. The fraction of sp³-hybridized carbons (Fsp3) is 0.312. The molecule has 1 aromatic heterocycles. The topological polar surface area (TPSA) is 35.5 Å². The Balaban J connectivity index is 1.96. The Bertz CT molecular complexity index is 560. The molecule has 2 aromatic rings.